The molecule has 0 aliphatic rings. The van der Waals surface area contributed by atoms with Crippen LogP contribution < -0.4 is 0 Å². The van der Waals surface area contributed by atoms with Crippen molar-refractivity contribution in [1.29, 1.82) is 0 Å². The first-order chi connectivity index (χ1) is 7.22. The van der Waals surface area contributed by atoms with Crippen LogP contribution in [-0.2, 0) is 20.0 Å². The van der Waals surface area contributed by atoms with Crippen LogP contribution in [0.3, 0.4) is 0 Å². The zero-order valence-corrected chi connectivity index (χ0v) is 9.70. The highest BCUT2D eigenvalue weighted by atomic mass is 35.5. The lowest BCUT2D eigenvalue weighted by Crippen LogP contribution is -2.04. The quantitative estimate of drug-likeness (QED) is 0.784. The van der Waals surface area contributed by atoms with E-state index in [0.29, 0.717) is 0 Å². The molecule has 2 heterocycles. The summed E-state index contributed by atoms with van der Waals surface area (Å²) in [5, 5.41) is 5.18. The number of rotatable bonds is 3. The van der Waals surface area contributed by atoms with Gasteiger partial charge in [0.1, 0.15) is 0 Å². The van der Waals surface area contributed by atoms with E-state index in [1.807, 2.05) is 36.3 Å². The van der Waals surface area contributed by atoms with Crippen LogP contribution in [0.4, 0.5) is 0 Å². The normalized spacial score (nSPS) is 10.9. The molecule has 4 heteroatoms. The molecule has 0 saturated carbocycles. The van der Waals surface area contributed by atoms with E-state index in [4.69, 9.17) is 11.6 Å². The van der Waals surface area contributed by atoms with Crippen LogP contribution in [0.2, 0.25) is 5.02 Å². The smallest absolute Gasteiger partial charge is 0.0868 e. The van der Waals surface area contributed by atoms with Crippen molar-refractivity contribution in [3.05, 3.63) is 40.9 Å². The van der Waals surface area contributed by atoms with Crippen LogP contribution in [0.15, 0.2) is 24.5 Å². The van der Waals surface area contributed by atoms with Gasteiger partial charge < -0.3 is 4.57 Å². The van der Waals surface area contributed by atoms with Crippen molar-refractivity contribution in [3.8, 4) is 0 Å². The fourth-order valence-electron chi connectivity index (χ4n) is 1.64. The summed E-state index contributed by atoms with van der Waals surface area (Å²) in [6.45, 7) is 2.84. The monoisotopic (exact) mass is 223 g/mol. The Kier molecular flexibility index (Phi) is 2.82. The second-order valence-corrected chi connectivity index (χ2v) is 3.92. The van der Waals surface area contributed by atoms with E-state index in [-0.39, 0.29) is 0 Å². The third-order valence-electron chi connectivity index (χ3n) is 2.50. The van der Waals surface area contributed by atoms with Crippen LogP contribution in [-0.4, -0.2) is 14.3 Å². The van der Waals surface area contributed by atoms with Crippen LogP contribution in [0, 0.1) is 0 Å². The highest BCUT2D eigenvalue weighted by Crippen LogP contribution is 2.21. The number of nitrogens with zero attached hydrogens (tertiary/aromatic N) is 3. The Labute approximate surface area is 94.3 Å². The van der Waals surface area contributed by atoms with Gasteiger partial charge >= 0.3 is 0 Å². The topological polar surface area (TPSA) is 22.8 Å². The second kappa shape index (κ2) is 4.11. The first kappa shape index (κ1) is 10.3. The van der Waals surface area contributed by atoms with Crippen molar-refractivity contribution in [1.82, 2.24) is 14.3 Å². The van der Waals surface area contributed by atoms with E-state index < -0.39 is 0 Å². The molecule has 0 spiro atoms. The van der Waals surface area contributed by atoms with Gasteiger partial charge in [0, 0.05) is 19.4 Å². The highest BCUT2D eigenvalue weighted by molar-refractivity contribution is 6.31. The molecule has 2 rings (SSSR count). The Balaban J connectivity index is 2.32. The van der Waals surface area contributed by atoms with Gasteiger partial charge in [-0.15, -0.1) is 0 Å². The molecule has 0 unspecified atom stereocenters. The summed E-state index contributed by atoms with van der Waals surface area (Å²) < 4.78 is 3.95. The molecular formula is C11H14ClN3. The average Bonchev–Trinajstić information content (AvgIpc) is 2.81. The number of aromatic nitrogens is 3. The molecule has 0 N–H and O–H groups in total. The largest absolute Gasteiger partial charge is 0.348 e. The Morgan fingerprint density at radius 1 is 1.33 bits per heavy atom. The molecule has 0 atom stereocenters. The van der Waals surface area contributed by atoms with Gasteiger partial charge in [0.2, 0.25) is 0 Å². The lowest BCUT2D eigenvalue weighted by atomic mass is 10.3. The molecule has 2 aromatic heterocycles. The molecular weight excluding hydrogens is 210 g/mol. The van der Waals surface area contributed by atoms with Gasteiger partial charge in [-0.05, 0) is 18.6 Å². The minimum absolute atomic E-state index is 0.773. The minimum Gasteiger partial charge on any atom is -0.348 e. The second-order valence-electron chi connectivity index (χ2n) is 3.54. The van der Waals surface area contributed by atoms with Gasteiger partial charge in [-0.1, -0.05) is 18.5 Å². The molecule has 0 radical (unpaired) electrons. The van der Waals surface area contributed by atoms with Gasteiger partial charge in [0.25, 0.3) is 0 Å². The SMILES string of the molecule is CCc1nn(C)c(Cn2cccc2)c1Cl. The van der Waals surface area contributed by atoms with E-state index in [9.17, 15) is 0 Å². The molecule has 0 aliphatic carbocycles. The fraction of sp³-hybridized carbons (Fsp3) is 0.364. The Bertz CT molecular complexity index is 443. The maximum Gasteiger partial charge on any atom is 0.0868 e. The average molecular weight is 224 g/mol. The summed E-state index contributed by atoms with van der Waals surface area (Å²) >= 11 is 6.25. The summed E-state index contributed by atoms with van der Waals surface area (Å²) in [6, 6.07) is 4.01. The number of hydrogen-bond donors (Lipinski definition) is 0. The standard InChI is InChI=1S/C11H14ClN3/c1-3-9-11(12)10(14(2)13-9)8-15-6-4-5-7-15/h4-7H,3,8H2,1-2H3. The summed E-state index contributed by atoms with van der Waals surface area (Å²) in [5.74, 6) is 0. The molecule has 80 valence electrons. The first-order valence-electron chi connectivity index (χ1n) is 5.03. The fourth-order valence-corrected chi connectivity index (χ4v) is 1.99. The lowest BCUT2D eigenvalue weighted by Gasteiger charge is -2.03. The lowest BCUT2D eigenvalue weighted by molar-refractivity contribution is 0.662. The third-order valence-corrected chi connectivity index (χ3v) is 2.94. The Hall–Kier alpha value is -1.22. The summed E-state index contributed by atoms with van der Waals surface area (Å²) in [6.07, 6.45) is 4.92. The summed E-state index contributed by atoms with van der Waals surface area (Å²) in [7, 11) is 1.93. The molecule has 0 aliphatic heterocycles. The number of aryl methyl sites for hydroxylation is 2. The molecule has 3 nitrogen and oxygen atoms in total. The van der Waals surface area contributed by atoms with E-state index in [0.717, 1.165) is 29.4 Å². The highest BCUT2D eigenvalue weighted by Gasteiger charge is 2.12. The molecule has 15 heavy (non-hydrogen) atoms. The van der Waals surface area contributed by atoms with E-state index in [1.54, 1.807) is 0 Å². The summed E-state index contributed by atoms with van der Waals surface area (Å²) in [5.41, 5.74) is 2.03. The molecule has 0 bridgehead atoms. The maximum absolute atomic E-state index is 6.25. The number of halogens is 1. The number of hydrogen-bond acceptors (Lipinski definition) is 1. The van der Waals surface area contributed by atoms with Gasteiger partial charge in [0.15, 0.2) is 0 Å². The van der Waals surface area contributed by atoms with E-state index in [2.05, 4.69) is 16.6 Å². The van der Waals surface area contributed by atoms with Crippen molar-refractivity contribution in [3.63, 3.8) is 0 Å². The molecule has 0 fully saturated rings. The zero-order chi connectivity index (χ0) is 10.8. The van der Waals surface area contributed by atoms with Crippen LogP contribution in [0.25, 0.3) is 0 Å². The van der Waals surface area contributed by atoms with Crippen molar-refractivity contribution in [2.24, 2.45) is 7.05 Å². The first-order valence-corrected chi connectivity index (χ1v) is 5.41. The molecule has 0 saturated heterocycles. The minimum atomic E-state index is 0.773. The van der Waals surface area contributed by atoms with Gasteiger partial charge in [-0.25, -0.2) is 0 Å². The van der Waals surface area contributed by atoms with Crippen LogP contribution in [0.5, 0.6) is 0 Å². The van der Waals surface area contributed by atoms with Crippen molar-refractivity contribution >= 4 is 11.6 Å². The van der Waals surface area contributed by atoms with Gasteiger partial charge in [-0.3, -0.25) is 4.68 Å². The van der Waals surface area contributed by atoms with E-state index in [1.165, 1.54) is 0 Å². The van der Waals surface area contributed by atoms with Gasteiger partial charge in [0.05, 0.1) is 23.0 Å². The summed E-state index contributed by atoms with van der Waals surface area (Å²) in [4.78, 5) is 0. The Morgan fingerprint density at radius 3 is 2.53 bits per heavy atom. The van der Waals surface area contributed by atoms with E-state index >= 15 is 0 Å². The maximum atomic E-state index is 6.25. The predicted molar refractivity (Wildman–Crippen MR) is 61.1 cm³/mol. The van der Waals surface area contributed by atoms with Gasteiger partial charge in [-0.2, -0.15) is 5.10 Å². The zero-order valence-electron chi connectivity index (χ0n) is 8.94. The molecule has 2 aromatic rings. The van der Waals surface area contributed by atoms with Crippen molar-refractivity contribution < 1.29 is 0 Å². The predicted octanol–water partition coefficient (Wildman–Crippen LogP) is 2.49. The molecule has 0 aromatic carbocycles. The Morgan fingerprint density at radius 2 is 2.00 bits per heavy atom. The molecule has 0 amide bonds. The van der Waals surface area contributed by atoms with Crippen LogP contribution >= 0.6 is 11.6 Å². The third kappa shape index (κ3) is 1.92. The van der Waals surface area contributed by atoms with Crippen molar-refractivity contribution in [2.75, 3.05) is 0 Å². The van der Waals surface area contributed by atoms with Crippen molar-refractivity contribution in [2.45, 2.75) is 19.9 Å². The van der Waals surface area contributed by atoms with Crippen LogP contribution in [0.1, 0.15) is 18.3 Å².